The van der Waals surface area contributed by atoms with Crippen molar-refractivity contribution >= 4 is 28.9 Å². The summed E-state index contributed by atoms with van der Waals surface area (Å²) in [4.78, 5) is 36.4. The number of hydrogen-bond donors (Lipinski definition) is 0. The molecule has 4 rings (SSSR count). The molecular weight excluding hydrogens is 426 g/mol. The van der Waals surface area contributed by atoms with Crippen molar-refractivity contribution in [3.05, 3.63) is 48.0 Å². The Morgan fingerprint density at radius 1 is 1.25 bits per heavy atom. The highest BCUT2D eigenvalue weighted by Crippen LogP contribution is 2.40. The molecule has 1 aliphatic rings. The van der Waals surface area contributed by atoms with Gasteiger partial charge in [-0.3, -0.25) is 14.7 Å². The second-order valence-electron chi connectivity index (χ2n) is 7.50. The highest BCUT2D eigenvalue weighted by Gasteiger charge is 2.39. The summed E-state index contributed by atoms with van der Waals surface area (Å²) in [5.41, 5.74) is 2.96. The molecule has 7 nitrogen and oxygen atoms in total. The maximum absolute atomic E-state index is 13.1. The van der Waals surface area contributed by atoms with Crippen molar-refractivity contribution in [3.63, 3.8) is 0 Å². The maximum Gasteiger partial charge on any atom is 0.329 e. The second-order valence-corrected chi connectivity index (χ2v) is 8.35. The number of nitrogens with zero attached hydrogens (tertiary/aromatic N) is 3. The second kappa shape index (κ2) is 9.48. The summed E-state index contributed by atoms with van der Waals surface area (Å²) in [7, 11) is 0. The fraction of sp³-hybridized carbons (Fsp3) is 0.333. The van der Waals surface area contributed by atoms with Gasteiger partial charge in [0.05, 0.1) is 23.7 Å². The Kier molecular flexibility index (Phi) is 6.50. The number of carbonyl (C=O) groups is 2. The van der Waals surface area contributed by atoms with E-state index < -0.39 is 18.1 Å². The predicted octanol–water partition coefficient (Wildman–Crippen LogP) is 4.72. The number of thiazole rings is 1. The predicted molar refractivity (Wildman–Crippen MR) is 124 cm³/mol. The zero-order chi connectivity index (χ0) is 22.7. The van der Waals surface area contributed by atoms with Crippen LogP contribution < -0.4 is 9.64 Å². The lowest BCUT2D eigenvalue weighted by molar-refractivity contribution is -0.147. The van der Waals surface area contributed by atoms with Crippen LogP contribution in [0.25, 0.3) is 22.0 Å². The topological polar surface area (TPSA) is 81.6 Å². The number of esters is 1. The highest BCUT2D eigenvalue weighted by atomic mass is 32.1. The summed E-state index contributed by atoms with van der Waals surface area (Å²) < 4.78 is 11.2. The first-order chi connectivity index (χ1) is 15.5. The Hall–Kier alpha value is -3.26. The van der Waals surface area contributed by atoms with Crippen LogP contribution in [0.2, 0.25) is 0 Å². The zero-order valence-electron chi connectivity index (χ0n) is 18.3. The summed E-state index contributed by atoms with van der Waals surface area (Å²) in [6.07, 6.45) is 2.21. The van der Waals surface area contributed by atoms with E-state index in [-0.39, 0.29) is 5.91 Å². The Labute approximate surface area is 191 Å². The van der Waals surface area contributed by atoms with E-state index in [1.807, 2.05) is 55.6 Å². The van der Waals surface area contributed by atoms with Crippen molar-refractivity contribution in [2.75, 3.05) is 11.5 Å². The first-order valence-electron chi connectivity index (χ1n) is 10.7. The lowest BCUT2D eigenvalue weighted by Gasteiger charge is -2.37. The van der Waals surface area contributed by atoms with E-state index >= 15 is 0 Å². The quantitative estimate of drug-likeness (QED) is 0.484. The summed E-state index contributed by atoms with van der Waals surface area (Å²) in [6, 6.07) is 10.6. The molecule has 2 atom stereocenters. The van der Waals surface area contributed by atoms with E-state index in [9.17, 15) is 9.59 Å². The summed E-state index contributed by atoms with van der Waals surface area (Å²) in [5, 5.41) is 2.77. The van der Waals surface area contributed by atoms with Crippen LogP contribution in [-0.4, -0.2) is 40.6 Å². The first kappa shape index (κ1) is 22.0. The van der Waals surface area contributed by atoms with Gasteiger partial charge in [0.2, 0.25) is 0 Å². The molecule has 0 spiro atoms. The molecule has 0 radical (unpaired) electrons. The van der Waals surface area contributed by atoms with Crippen LogP contribution in [-0.2, 0) is 14.3 Å². The van der Waals surface area contributed by atoms with E-state index in [2.05, 4.69) is 4.98 Å². The Morgan fingerprint density at radius 3 is 2.81 bits per heavy atom. The van der Waals surface area contributed by atoms with Crippen LogP contribution in [0, 0.1) is 0 Å². The fourth-order valence-electron chi connectivity index (χ4n) is 3.61. The monoisotopic (exact) mass is 451 g/mol. The third-order valence-electron chi connectivity index (χ3n) is 5.21. The van der Waals surface area contributed by atoms with Crippen LogP contribution >= 0.6 is 11.3 Å². The number of ether oxygens (including phenoxy) is 2. The van der Waals surface area contributed by atoms with E-state index in [0.29, 0.717) is 24.5 Å². The summed E-state index contributed by atoms with van der Waals surface area (Å²) >= 11 is 1.50. The average molecular weight is 452 g/mol. The molecule has 0 saturated carbocycles. The van der Waals surface area contributed by atoms with Crippen LogP contribution in [0.15, 0.2) is 48.0 Å². The molecule has 1 aliphatic heterocycles. The normalized spacial score (nSPS) is 16.3. The Bertz CT molecular complexity index is 1120. The van der Waals surface area contributed by atoms with Crippen molar-refractivity contribution in [1.82, 2.24) is 9.97 Å². The lowest BCUT2D eigenvalue weighted by Crippen LogP contribution is -2.53. The van der Waals surface area contributed by atoms with Crippen molar-refractivity contribution in [1.29, 1.82) is 0 Å². The molecule has 32 heavy (non-hydrogen) atoms. The highest BCUT2D eigenvalue weighted by molar-refractivity contribution is 7.13. The van der Waals surface area contributed by atoms with Crippen LogP contribution in [0.5, 0.6) is 5.75 Å². The van der Waals surface area contributed by atoms with Gasteiger partial charge >= 0.3 is 5.97 Å². The maximum atomic E-state index is 13.1. The standard InChI is InChI=1S/C24H25N3O4S/c1-4-12-30-24(29)19(5-2)27-20-13-16(9-10-21(20)31-15(3)23(27)28)18-14-32-22(26-18)17-8-6-7-11-25-17/h6-11,13-15,19H,4-5,12H2,1-3H3. The van der Waals surface area contributed by atoms with Crippen LogP contribution in [0.1, 0.15) is 33.6 Å². The third kappa shape index (κ3) is 4.23. The van der Waals surface area contributed by atoms with Gasteiger partial charge in [0, 0.05) is 17.1 Å². The number of rotatable bonds is 7. The van der Waals surface area contributed by atoms with E-state index in [4.69, 9.17) is 14.5 Å². The van der Waals surface area contributed by atoms with Crippen LogP contribution in [0.4, 0.5) is 5.69 Å². The molecule has 0 fully saturated rings. The number of hydrogen-bond acceptors (Lipinski definition) is 7. The van der Waals surface area contributed by atoms with Gasteiger partial charge in [0.1, 0.15) is 16.8 Å². The van der Waals surface area contributed by atoms with Gasteiger partial charge in [-0.25, -0.2) is 9.78 Å². The molecule has 0 bridgehead atoms. The molecule has 8 heteroatoms. The van der Waals surface area contributed by atoms with Gasteiger partial charge in [-0.15, -0.1) is 11.3 Å². The lowest BCUT2D eigenvalue weighted by atomic mass is 10.0. The van der Waals surface area contributed by atoms with Gasteiger partial charge < -0.3 is 9.47 Å². The molecule has 1 amide bonds. The average Bonchev–Trinajstić information content (AvgIpc) is 3.31. The number of carbonyl (C=O) groups excluding carboxylic acids is 2. The first-order valence-corrected chi connectivity index (χ1v) is 11.6. The molecule has 166 valence electrons. The van der Waals surface area contributed by atoms with Gasteiger partial charge in [-0.1, -0.05) is 19.9 Å². The van der Waals surface area contributed by atoms with Crippen molar-refractivity contribution in [3.8, 4) is 27.7 Å². The summed E-state index contributed by atoms with van der Waals surface area (Å²) in [5.74, 6) is -0.107. The van der Waals surface area contributed by atoms with Crippen molar-refractivity contribution in [2.24, 2.45) is 0 Å². The molecule has 0 N–H and O–H groups in total. The molecule has 3 heterocycles. The van der Waals surface area contributed by atoms with Crippen molar-refractivity contribution < 1.29 is 19.1 Å². The number of fused-ring (bicyclic) bond motifs is 1. The SMILES string of the molecule is CCCOC(=O)C(CC)N1C(=O)C(C)Oc2ccc(-c3csc(-c4ccccn4)n3)cc21. The van der Waals surface area contributed by atoms with Gasteiger partial charge in [0.25, 0.3) is 5.91 Å². The minimum Gasteiger partial charge on any atom is -0.479 e. The van der Waals surface area contributed by atoms with Crippen molar-refractivity contribution in [2.45, 2.75) is 45.8 Å². The van der Waals surface area contributed by atoms with E-state index in [1.165, 1.54) is 16.2 Å². The Balaban J connectivity index is 1.71. The molecule has 2 aromatic heterocycles. The van der Waals surface area contributed by atoms with Gasteiger partial charge in [-0.2, -0.15) is 0 Å². The molecule has 3 aromatic rings. The number of anilines is 1. The van der Waals surface area contributed by atoms with E-state index in [1.54, 1.807) is 13.1 Å². The Morgan fingerprint density at radius 2 is 2.09 bits per heavy atom. The molecule has 1 aromatic carbocycles. The van der Waals surface area contributed by atoms with Crippen LogP contribution in [0.3, 0.4) is 0 Å². The molecule has 2 unspecified atom stereocenters. The number of aromatic nitrogens is 2. The third-order valence-corrected chi connectivity index (χ3v) is 6.08. The zero-order valence-corrected chi connectivity index (χ0v) is 19.1. The summed E-state index contributed by atoms with van der Waals surface area (Å²) in [6.45, 7) is 5.82. The minimum absolute atomic E-state index is 0.262. The molecule has 0 aliphatic carbocycles. The largest absolute Gasteiger partial charge is 0.479 e. The molecule has 0 saturated heterocycles. The fourth-order valence-corrected chi connectivity index (χ4v) is 4.41. The minimum atomic E-state index is -0.714. The number of amides is 1. The number of benzene rings is 1. The smallest absolute Gasteiger partial charge is 0.329 e. The van der Waals surface area contributed by atoms with Gasteiger partial charge in [-0.05, 0) is 50.1 Å². The molecular formula is C24H25N3O4S. The van der Waals surface area contributed by atoms with E-state index in [0.717, 1.165) is 28.4 Å². The van der Waals surface area contributed by atoms with Gasteiger partial charge in [0.15, 0.2) is 6.10 Å². The number of pyridine rings is 1.